The molecule has 0 aliphatic carbocycles. The van der Waals surface area contributed by atoms with Crippen molar-refractivity contribution in [2.24, 2.45) is 0 Å². The minimum Gasteiger partial charge on any atom is -0.268 e. The monoisotopic (exact) mass is 331 g/mol. The number of amides is 1. The molecule has 0 unspecified atom stereocenters. The number of sulfonamides is 1. The first-order valence-electron chi connectivity index (χ1n) is 5.72. The van der Waals surface area contributed by atoms with Crippen molar-refractivity contribution >= 4 is 27.5 Å². The standard InChI is InChI=1S/C12H11ClFN3O3S/c1-7-10(12(18)16-21(2,19)20)11(13)17(15-7)9-5-3-8(14)4-6-9/h3-6H,1-2H3,(H,16,18). The summed E-state index contributed by atoms with van der Waals surface area (Å²) < 4.78 is 38.2. The van der Waals surface area contributed by atoms with Crippen LogP contribution >= 0.6 is 11.6 Å². The molecule has 1 heterocycles. The molecule has 2 rings (SSSR count). The van der Waals surface area contributed by atoms with Crippen LogP contribution in [0.3, 0.4) is 0 Å². The molecule has 1 N–H and O–H groups in total. The fourth-order valence-electron chi connectivity index (χ4n) is 1.73. The number of aromatic nitrogens is 2. The maximum atomic E-state index is 12.9. The molecule has 0 spiro atoms. The predicted molar refractivity (Wildman–Crippen MR) is 75.6 cm³/mol. The van der Waals surface area contributed by atoms with Crippen molar-refractivity contribution < 1.29 is 17.6 Å². The van der Waals surface area contributed by atoms with E-state index >= 15 is 0 Å². The van der Waals surface area contributed by atoms with Gasteiger partial charge >= 0.3 is 0 Å². The van der Waals surface area contributed by atoms with Crippen LogP contribution in [0.4, 0.5) is 4.39 Å². The normalized spacial score (nSPS) is 11.4. The molecule has 112 valence electrons. The molecular formula is C12H11ClFN3O3S. The van der Waals surface area contributed by atoms with Crippen molar-refractivity contribution in [2.45, 2.75) is 6.92 Å². The highest BCUT2D eigenvalue weighted by molar-refractivity contribution is 7.89. The third-order valence-corrected chi connectivity index (χ3v) is 3.49. The van der Waals surface area contributed by atoms with Gasteiger partial charge in [-0.1, -0.05) is 11.6 Å². The first-order chi connectivity index (χ1) is 9.69. The molecule has 1 aromatic carbocycles. The second kappa shape index (κ2) is 5.45. The molecule has 0 atom stereocenters. The third-order valence-electron chi connectivity index (χ3n) is 2.58. The van der Waals surface area contributed by atoms with Crippen molar-refractivity contribution in [3.63, 3.8) is 0 Å². The van der Waals surface area contributed by atoms with E-state index in [9.17, 15) is 17.6 Å². The van der Waals surface area contributed by atoms with Gasteiger partial charge in [-0.05, 0) is 31.2 Å². The lowest BCUT2D eigenvalue weighted by Gasteiger charge is -2.04. The molecule has 0 saturated heterocycles. The summed E-state index contributed by atoms with van der Waals surface area (Å²) >= 11 is 6.08. The van der Waals surface area contributed by atoms with Gasteiger partial charge in [0.15, 0.2) is 0 Å². The second-order valence-corrected chi connectivity index (χ2v) is 6.45. The van der Waals surface area contributed by atoms with Crippen molar-refractivity contribution in [1.29, 1.82) is 0 Å². The van der Waals surface area contributed by atoms with E-state index in [4.69, 9.17) is 11.6 Å². The summed E-state index contributed by atoms with van der Waals surface area (Å²) in [5, 5.41) is 4.01. The fraction of sp³-hybridized carbons (Fsp3) is 0.167. The van der Waals surface area contributed by atoms with Crippen molar-refractivity contribution in [1.82, 2.24) is 14.5 Å². The van der Waals surface area contributed by atoms with Crippen LogP contribution in [0.5, 0.6) is 0 Å². The van der Waals surface area contributed by atoms with Gasteiger partial charge in [-0.15, -0.1) is 0 Å². The van der Waals surface area contributed by atoms with E-state index in [1.165, 1.54) is 35.9 Å². The Morgan fingerprint density at radius 3 is 2.43 bits per heavy atom. The minimum atomic E-state index is -3.71. The number of hydrogen-bond acceptors (Lipinski definition) is 4. The van der Waals surface area contributed by atoms with Crippen LogP contribution in [0.1, 0.15) is 16.1 Å². The zero-order chi connectivity index (χ0) is 15.8. The van der Waals surface area contributed by atoms with Gasteiger partial charge in [-0.3, -0.25) is 4.79 Å². The van der Waals surface area contributed by atoms with Gasteiger partial charge in [0.2, 0.25) is 10.0 Å². The fourth-order valence-corrected chi connectivity index (χ4v) is 2.53. The van der Waals surface area contributed by atoms with E-state index in [1.807, 2.05) is 4.72 Å². The molecule has 21 heavy (non-hydrogen) atoms. The smallest absolute Gasteiger partial charge is 0.268 e. The summed E-state index contributed by atoms with van der Waals surface area (Å²) in [5.41, 5.74) is 0.653. The van der Waals surface area contributed by atoms with E-state index in [0.717, 1.165) is 6.26 Å². The molecule has 2 aromatic rings. The van der Waals surface area contributed by atoms with E-state index in [-0.39, 0.29) is 16.4 Å². The largest absolute Gasteiger partial charge is 0.269 e. The van der Waals surface area contributed by atoms with Gasteiger partial charge in [0.25, 0.3) is 5.91 Å². The van der Waals surface area contributed by atoms with Crippen LogP contribution in [-0.4, -0.2) is 30.4 Å². The average molecular weight is 332 g/mol. The number of nitrogens with zero attached hydrogens (tertiary/aromatic N) is 2. The Bertz CT molecular complexity index is 800. The highest BCUT2D eigenvalue weighted by atomic mass is 35.5. The summed E-state index contributed by atoms with van der Waals surface area (Å²) in [7, 11) is -3.71. The predicted octanol–water partition coefficient (Wildman–Crippen LogP) is 1.66. The molecule has 0 saturated carbocycles. The number of hydrogen-bond donors (Lipinski definition) is 1. The number of carbonyl (C=O) groups is 1. The summed E-state index contributed by atoms with van der Waals surface area (Å²) in [5.74, 6) is -1.29. The third kappa shape index (κ3) is 3.40. The summed E-state index contributed by atoms with van der Waals surface area (Å²) in [6.07, 6.45) is 0.860. The van der Waals surface area contributed by atoms with Gasteiger partial charge in [0.05, 0.1) is 17.6 Å². The first kappa shape index (κ1) is 15.5. The molecule has 1 aromatic heterocycles. The lowest BCUT2D eigenvalue weighted by molar-refractivity contribution is 0.0981. The maximum absolute atomic E-state index is 12.9. The Kier molecular flexibility index (Phi) is 4.02. The lowest BCUT2D eigenvalue weighted by atomic mass is 10.2. The molecule has 9 heteroatoms. The summed E-state index contributed by atoms with van der Waals surface area (Å²) in [6.45, 7) is 1.52. The minimum absolute atomic E-state index is 0.0496. The van der Waals surface area contributed by atoms with Gasteiger partial charge in [0.1, 0.15) is 16.5 Å². The zero-order valence-corrected chi connectivity index (χ0v) is 12.7. The summed E-state index contributed by atoms with van der Waals surface area (Å²) in [4.78, 5) is 11.9. The lowest BCUT2D eigenvalue weighted by Crippen LogP contribution is -2.29. The number of benzene rings is 1. The van der Waals surface area contributed by atoms with E-state index in [1.54, 1.807) is 0 Å². The summed E-state index contributed by atoms with van der Waals surface area (Å²) in [6, 6.07) is 5.32. The number of halogens is 2. The molecule has 0 aliphatic heterocycles. The number of nitrogens with one attached hydrogen (secondary N) is 1. The van der Waals surface area contributed by atoms with Crippen LogP contribution in [-0.2, 0) is 10.0 Å². The topological polar surface area (TPSA) is 81.1 Å². The van der Waals surface area contributed by atoms with Gasteiger partial charge in [0, 0.05) is 0 Å². The number of aryl methyl sites for hydroxylation is 1. The second-order valence-electron chi connectivity index (χ2n) is 4.34. The molecule has 6 nitrogen and oxygen atoms in total. The first-order valence-corrected chi connectivity index (χ1v) is 7.99. The van der Waals surface area contributed by atoms with Crippen LogP contribution in [0.25, 0.3) is 5.69 Å². The van der Waals surface area contributed by atoms with Crippen molar-refractivity contribution in [3.05, 3.63) is 46.5 Å². The van der Waals surface area contributed by atoms with E-state index in [2.05, 4.69) is 5.10 Å². The van der Waals surface area contributed by atoms with E-state index in [0.29, 0.717) is 5.69 Å². The quantitative estimate of drug-likeness (QED) is 0.927. The number of carbonyl (C=O) groups excluding carboxylic acids is 1. The highest BCUT2D eigenvalue weighted by Gasteiger charge is 2.23. The van der Waals surface area contributed by atoms with Crippen LogP contribution in [0.2, 0.25) is 5.15 Å². The zero-order valence-electron chi connectivity index (χ0n) is 11.1. The Morgan fingerprint density at radius 2 is 1.90 bits per heavy atom. The Labute approximate surface area is 125 Å². The van der Waals surface area contributed by atoms with Crippen molar-refractivity contribution in [3.8, 4) is 5.69 Å². The van der Waals surface area contributed by atoms with Crippen LogP contribution in [0, 0.1) is 12.7 Å². The van der Waals surface area contributed by atoms with Gasteiger partial charge < -0.3 is 0 Å². The number of rotatable bonds is 3. The maximum Gasteiger partial charge on any atom is 0.269 e. The van der Waals surface area contributed by atoms with E-state index < -0.39 is 21.7 Å². The molecule has 0 radical (unpaired) electrons. The Balaban J connectivity index is 2.47. The molecule has 0 aliphatic rings. The molecule has 0 bridgehead atoms. The van der Waals surface area contributed by atoms with Gasteiger partial charge in [-0.25, -0.2) is 22.2 Å². The highest BCUT2D eigenvalue weighted by Crippen LogP contribution is 2.23. The van der Waals surface area contributed by atoms with Gasteiger partial charge in [-0.2, -0.15) is 5.10 Å². The Morgan fingerprint density at radius 1 is 1.33 bits per heavy atom. The SMILES string of the molecule is Cc1nn(-c2ccc(F)cc2)c(Cl)c1C(=O)NS(C)(=O)=O. The van der Waals surface area contributed by atoms with Crippen LogP contribution < -0.4 is 4.72 Å². The molecule has 0 fully saturated rings. The molecular weight excluding hydrogens is 321 g/mol. The Hall–Kier alpha value is -1.93. The van der Waals surface area contributed by atoms with Crippen molar-refractivity contribution in [2.75, 3.05) is 6.26 Å². The van der Waals surface area contributed by atoms with Crippen LogP contribution in [0.15, 0.2) is 24.3 Å². The molecule has 1 amide bonds. The average Bonchev–Trinajstić information content (AvgIpc) is 2.63.